The Balaban J connectivity index is 2.50. The number of hydrogen-bond donors (Lipinski definition) is 2. The number of amides is 1. The van der Waals surface area contributed by atoms with Crippen LogP contribution in [0.2, 0.25) is 0 Å². The van der Waals surface area contributed by atoms with Gasteiger partial charge in [-0.3, -0.25) is 4.79 Å². The Morgan fingerprint density at radius 1 is 1.29 bits per heavy atom. The van der Waals surface area contributed by atoms with Gasteiger partial charge in [0.25, 0.3) is 0 Å². The second-order valence-electron chi connectivity index (χ2n) is 4.80. The molecule has 0 heterocycles. The van der Waals surface area contributed by atoms with Gasteiger partial charge >= 0.3 is 0 Å². The van der Waals surface area contributed by atoms with Gasteiger partial charge in [-0.25, -0.2) is 8.42 Å². The van der Waals surface area contributed by atoms with Crippen molar-refractivity contribution in [2.45, 2.75) is 24.3 Å². The lowest BCUT2D eigenvalue weighted by Crippen LogP contribution is -2.38. The van der Waals surface area contributed by atoms with Crippen molar-refractivity contribution in [1.29, 1.82) is 0 Å². The number of carbonyl (C=O) groups is 1. The van der Waals surface area contributed by atoms with Crippen LogP contribution in [-0.2, 0) is 19.4 Å². The average molecular weight is 314 g/mol. The number of ether oxygens (including phenoxy) is 1. The second kappa shape index (κ2) is 7.99. The molecule has 0 fully saturated rings. The van der Waals surface area contributed by atoms with Gasteiger partial charge in [0.1, 0.15) is 6.04 Å². The van der Waals surface area contributed by atoms with E-state index < -0.39 is 15.9 Å². The first kappa shape index (κ1) is 17.5. The maximum absolute atomic E-state index is 11.8. The van der Waals surface area contributed by atoms with Gasteiger partial charge < -0.3 is 15.4 Å². The molecule has 0 saturated heterocycles. The van der Waals surface area contributed by atoms with Gasteiger partial charge in [0.15, 0.2) is 9.84 Å². The number of rotatable bonds is 8. The van der Waals surface area contributed by atoms with Crippen LogP contribution >= 0.6 is 0 Å². The zero-order valence-electron chi connectivity index (χ0n) is 12.5. The highest BCUT2D eigenvalue weighted by Crippen LogP contribution is 2.14. The lowest BCUT2D eigenvalue weighted by Gasteiger charge is -2.15. The SMILES string of the molecule is COCCCNC(=O)C(C)Nc1ccc(S(C)(=O)=O)cc1. The molecule has 0 radical (unpaired) electrons. The minimum absolute atomic E-state index is 0.113. The molecule has 6 nitrogen and oxygen atoms in total. The number of anilines is 1. The van der Waals surface area contributed by atoms with Crippen LogP contribution in [0.1, 0.15) is 13.3 Å². The molecule has 118 valence electrons. The highest BCUT2D eigenvalue weighted by Gasteiger charge is 2.12. The summed E-state index contributed by atoms with van der Waals surface area (Å²) in [5, 5.41) is 5.82. The fourth-order valence-electron chi connectivity index (χ4n) is 1.70. The van der Waals surface area contributed by atoms with Crippen LogP contribution in [0.25, 0.3) is 0 Å². The molecule has 0 spiro atoms. The summed E-state index contributed by atoms with van der Waals surface area (Å²) in [6, 6.07) is 5.91. The Kier molecular flexibility index (Phi) is 6.64. The first-order chi connectivity index (χ1) is 9.84. The van der Waals surface area contributed by atoms with Crippen molar-refractivity contribution < 1.29 is 17.9 Å². The van der Waals surface area contributed by atoms with Crippen molar-refractivity contribution in [1.82, 2.24) is 5.32 Å². The summed E-state index contributed by atoms with van der Waals surface area (Å²) < 4.78 is 27.6. The molecule has 1 aromatic rings. The minimum atomic E-state index is -3.20. The fraction of sp³-hybridized carbons (Fsp3) is 0.500. The molecule has 0 bridgehead atoms. The minimum Gasteiger partial charge on any atom is -0.385 e. The molecule has 1 aromatic carbocycles. The van der Waals surface area contributed by atoms with Crippen LogP contribution in [0.15, 0.2) is 29.2 Å². The highest BCUT2D eigenvalue weighted by atomic mass is 32.2. The van der Waals surface area contributed by atoms with Gasteiger partial charge in [-0.1, -0.05) is 0 Å². The lowest BCUT2D eigenvalue weighted by atomic mass is 10.2. The smallest absolute Gasteiger partial charge is 0.242 e. The van der Waals surface area contributed by atoms with Gasteiger partial charge in [0.05, 0.1) is 4.90 Å². The molecule has 1 atom stereocenters. The van der Waals surface area contributed by atoms with E-state index in [0.717, 1.165) is 12.7 Å². The molecule has 0 aliphatic carbocycles. The molecule has 0 aliphatic heterocycles. The standard InChI is InChI=1S/C14H22N2O4S/c1-11(14(17)15-9-4-10-20-2)16-12-5-7-13(8-6-12)21(3,18)19/h5-8,11,16H,4,9-10H2,1-3H3,(H,15,17). The monoisotopic (exact) mass is 314 g/mol. The summed E-state index contributed by atoms with van der Waals surface area (Å²) in [7, 11) is -1.58. The summed E-state index contributed by atoms with van der Waals surface area (Å²) in [6.45, 7) is 2.91. The predicted molar refractivity (Wildman–Crippen MR) is 82.1 cm³/mol. The number of methoxy groups -OCH3 is 1. The summed E-state index contributed by atoms with van der Waals surface area (Å²) in [4.78, 5) is 12.1. The van der Waals surface area contributed by atoms with E-state index >= 15 is 0 Å². The van der Waals surface area contributed by atoms with Crippen molar-refractivity contribution in [3.63, 3.8) is 0 Å². The molecule has 21 heavy (non-hydrogen) atoms. The Hall–Kier alpha value is -1.60. The van der Waals surface area contributed by atoms with Crippen LogP contribution in [0.3, 0.4) is 0 Å². The zero-order valence-corrected chi connectivity index (χ0v) is 13.4. The number of sulfone groups is 1. The molecule has 0 aliphatic rings. The number of carbonyl (C=O) groups excluding carboxylic acids is 1. The maximum Gasteiger partial charge on any atom is 0.242 e. The van der Waals surface area contributed by atoms with E-state index in [4.69, 9.17) is 4.74 Å². The molecule has 0 saturated carbocycles. The molecule has 1 unspecified atom stereocenters. The van der Waals surface area contributed by atoms with Crippen LogP contribution in [0.4, 0.5) is 5.69 Å². The number of nitrogens with one attached hydrogen (secondary N) is 2. The normalized spacial score (nSPS) is 12.7. The van der Waals surface area contributed by atoms with E-state index in [2.05, 4.69) is 10.6 Å². The number of hydrogen-bond acceptors (Lipinski definition) is 5. The predicted octanol–water partition coefficient (Wildman–Crippen LogP) is 1.04. The second-order valence-corrected chi connectivity index (χ2v) is 6.82. The van der Waals surface area contributed by atoms with Gasteiger partial charge in [0, 0.05) is 32.2 Å². The van der Waals surface area contributed by atoms with Crippen LogP contribution < -0.4 is 10.6 Å². The molecular weight excluding hydrogens is 292 g/mol. The van der Waals surface area contributed by atoms with E-state index in [9.17, 15) is 13.2 Å². The first-order valence-electron chi connectivity index (χ1n) is 6.68. The van der Waals surface area contributed by atoms with Crippen LogP contribution in [-0.4, -0.2) is 46.9 Å². The van der Waals surface area contributed by atoms with Crippen LogP contribution in [0, 0.1) is 0 Å². The molecule has 2 N–H and O–H groups in total. The van der Waals surface area contributed by atoms with Crippen LogP contribution in [0.5, 0.6) is 0 Å². The summed E-state index contributed by atoms with van der Waals surface area (Å²) >= 11 is 0. The van der Waals surface area contributed by atoms with Gasteiger partial charge in [0.2, 0.25) is 5.91 Å². The third-order valence-electron chi connectivity index (χ3n) is 2.88. The Morgan fingerprint density at radius 2 is 1.90 bits per heavy atom. The van der Waals surface area contributed by atoms with Gasteiger partial charge in [-0.2, -0.15) is 0 Å². The zero-order chi connectivity index (χ0) is 15.9. The number of benzene rings is 1. The van der Waals surface area contributed by atoms with Crippen molar-refractivity contribution in [2.75, 3.05) is 31.8 Å². The van der Waals surface area contributed by atoms with E-state index in [1.807, 2.05) is 0 Å². The molecule has 0 aromatic heterocycles. The Bertz CT molecular complexity index is 555. The summed E-state index contributed by atoms with van der Waals surface area (Å²) in [5.74, 6) is -0.113. The third kappa shape index (κ3) is 6.14. The van der Waals surface area contributed by atoms with E-state index in [1.54, 1.807) is 26.2 Å². The topological polar surface area (TPSA) is 84.5 Å². The van der Waals surface area contributed by atoms with E-state index in [1.165, 1.54) is 12.1 Å². The van der Waals surface area contributed by atoms with Crippen molar-refractivity contribution >= 4 is 21.4 Å². The molecular formula is C14H22N2O4S. The third-order valence-corrected chi connectivity index (χ3v) is 4.01. The fourth-order valence-corrected chi connectivity index (χ4v) is 2.33. The van der Waals surface area contributed by atoms with E-state index in [-0.39, 0.29) is 10.8 Å². The average Bonchev–Trinajstić information content (AvgIpc) is 2.43. The van der Waals surface area contributed by atoms with E-state index in [0.29, 0.717) is 18.8 Å². The largest absolute Gasteiger partial charge is 0.385 e. The first-order valence-corrected chi connectivity index (χ1v) is 8.57. The summed E-state index contributed by atoms with van der Waals surface area (Å²) in [6.07, 6.45) is 1.92. The molecule has 1 amide bonds. The van der Waals surface area contributed by atoms with Gasteiger partial charge in [-0.15, -0.1) is 0 Å². The summed E-state index contributed by atoms with van der Waals surface area (Å²) in [5.41, 5.74) is 0.696. The Morgan fingerprint density at radius 3 is 2.43 bits per heavy atom. The lowest BCUT2D eigenvalue weighted by molar-refractivity contribution is -0.121. The maximum atomic E-state index is 11.8. The molecule has 7 heteroatoms. The van der Waals surface area contributed by atoms with Crippen molar-refractivity contribution in [3.05, 3.63) is 24.3 Å². The van der Waals surface area contributed by atoms with Gasteiger partial charge in [-0.05, 0) is 37.6 Å². The van der Waals surface area contributed by atoms with Crippen molar-refractivity contribution in [3.8, 4) is 0 Å². The highest BCUT2D eigenvalue weighted by molar-refractivity contribution is 7.90. The molecule has 1 rings (SSSR count). The quantitative estimate of drug-likeness (QED) is 0.701. The Labute approximate surface area is 125 Å². The van der Waals surface area contributed by atoms with Crippen molar-refractivity contribution in [2.24, 2.45) is 0 Å².